The normalized spacial score (nSPS) is 14.0. The van der Waals surface area contributed by atoms with Crippen LogP contribution >= 0.6 is 11.6 Å². The van der Waals surface area contributed by atoms with Gasteiger partial charge in [0.05, 0.1) is 5.69 Å². The van der Waals surface area contributed by atoms with Gasteiger partial charge in [-0.2, -0.15) is 0 Å². The van der Waals surface area contributed by atoms with Crippen LogP contribution in [-0.2, 0) is 6.42 Å². The van der Waals surface area contributed by atoms with E-state index in [1.54, 1.807) is 0 Å². The highest BCUT2D eigenvalue weighted by Gasteiger charge is 2.15. The lowest BCUT2D eigenvalue weighted by Gasteiger charge is -2.26. The Labute approximate surface area is 164 Å². The summed E-state index contributed by atoms with van der Waals surface area (Å²) in [7, 11) is 1.99. The predicted octanol–water partition coefficient (Wildman–Crippen LogP) is 5.49. The number of benzene rings is 3. The first-order chi connectivity index (χ1) is 13.0. The number of likely N-dealkylation sites (N-methyl/N-ethyl adjacent to an activating group) is 1. The minimum absolute atomic E-state index is 0.216. The van der Waals surface area contributed by atoms with E-state index in [1.807, 2.05) is 30.1 Å². The van der Waals surface area contributed by atoms with Gasteiger partial charge in [-0.1, -0.05) is 60.2 Å². The van der Waals surface area contributed by atoms with Crippen LogP contribution in [0, 0.1) is 0 Å². The number of hydrogen-bond donors (Lipinski definition) is 1. The Balaban J connectivity index is 1.59. The molecule has 3 aromatic carbocycles. The molecule has 0 radical (unpaired) electrons. The minimum atomic E-state index is 0.216. The van der Waals surface area contributed by atoms with Gasteiger partial charge in [0.25, 0.3) is 0 Å². The van der Waals surface area contributed by atoms with E-state index in [4.69, 9.17) is 22.3 Å². The zero-order valence-corrected chi connectivity index (χ0v) is 16.2. The molecular weight excluding hydrogens is 354 g/mol. The maximum Gasteiger partial charge on any atom is 0.196 e. The van der Waals surface area contributed by atoms with E-state index in [0.717, 1.165) is 22.5 Å². The molecule has 0 spiro atoms. The summed E-state index contributed by atoms with van der Waals surface area (Å²) in [4.78, 5) is 6.77. The van der Waals surface area contributed by atoms with Crippen molar-refractivity contribution < 1.29 is 0 Å². The minimum Gasteiger partial charge on any atom is -0.369 e. The summed E-state index contributed by atoms with van der Waals surface area (Å²) < 4.78 is 0. The van der Waals surface area contributed by atoms with Gasteiger partial charge in [0, 0.05) is 23.5 Å². The van der Waals surface area contributed by atoms with E-state index in [2.05, 4.69) is 55.5 Å². The first-order valence-electron chi connectivity index (χ1n) is 9.08. The molecule has 0 saturated heterocycles. The van der Waals surface area contributed by atoms with Gasteiger partial charge in [-0.15, -0.1) is 0 Å². The molecule has 4 heteroatoms. The number of halogens is 1. The standard InChI is InChI=1S/C23H22ClN3/c1-15(14-16-6-11-19(24)12-7-16)27(2)23(25)26-21-13-10-18-9-8-17-4-3-5-20(21)22(17)18/h3-13,15H,14H2,1-2H3,(H2,25,26). The lowest BCUT2D eigenvalue weighted by Crippen LogP contribution is -2.41. The van der Waals surface area contributed by atoms with Crippen molar-refractivity contribution >= 4 is 46.2 Å². The second kappa shape index (κ2) is 7.09. The summed E-state index contributed by atoms with van der Waals surface area (Å²) in [5.74, 6) is 0.517. The van der Waals surface area contributed by atoms with Gasteiger partial charge >= 0.3 is 0 Å². The molecule has 1 atom stereocenters. The first-order valence-corrected chi connectivity index (χ1v) is 9.46. The average molecular weight is 376 g/mol. The Morgan fingerprint density at radius 3 is 2.48 bits per heavy atom. The number of guanidine groups is 1. The fraction of sp³-hybridized carbons (Fsp3) is 0.174. The van der Waals surface area contributed by atoms with Crippen LogP contribution in [0.4, 0.5) is 5.69 Å². The van der Waals surface area contributed by atoms with Crippen molar-refractivity contribution in [3.63, 3.8) is 0 Å². The van der Waals surface area contributed by atoms with Crippen molar-refractivity contribution in [2.24, 2.45) is 10.7 Å². The van der Waals surface area contributed by atoms with Gasteiger partial charge in [0.1, 0.15) is 0 Å². The summed E-state index contributed by atoms with van der Waals surface area (Å²) in [6.07, 6.45) is 5.17. The van der Waals surface area contributed by atoms with E-state index < -0.39 is 0 Å². The maximum atomic E-state index is 6.35. The van der Waals surface area contributed by atoms with Crippen LogP contribution in [0.2, 0.25) is 5.02 Å². The molecule has 4 rings (SSSR count). The van der Waals surface area contributed by atoms with Crippen molar-refractivity contribution in [2.75, 3.05) is 7.05 Å². The predicted molar refractivity (Wildman–Crippen MR) is 117 cm³/mol. The van der Waals surface area contributed by atoms with Gasteiger partial charge in [-0.25, -0.2) is 4.99 Å². The topological polar surface area (TPSA) is 41.6 Å². The van der Waals surface area contributed by atoms with Crippen molar-refractivity contribution in [3.05, 3.63) is 76.3 Å². The third kappa shape index (κ3) is 3.43. The Kier molecular flexibility index (Phi) is 4.63. The highest BCUT2D eigenvalue weighted by molar-refractivity contribution is 6.30. The summed E-state index contributed by atoms with van der Waals surface area (Å²) in [5, 5.41) is 3.14. The quantitative estimate of drug-likeness (QED) is 0.378. The Hall–Kier alpha value is -2.78. The third-order valence-electron chi connectivity index (χ3n) is 5.23. The summed E-state index contributed by atoms with van der Waals surface area (Å²) in [6.45, 7) is 2.15. The fourth-order valence-corrected chi connectivity index (χ4v) is 3.66. The molecule has 1 aliphatic rings. The molecule has 27 heavy (non-hydrogen) atoms. The number of aliphatic imine (C=N–C) groups is 1. The largest absolute Gasteiger partial charge is 0.369 e. The van der Waals surface area contributed by atoms with Crippen LogP contribution < -0.4 is 5.73 Å². The molecule has 0 heterocycles. The zero-order chi connectivity index (χ0) is 19.0. The Morgan fingerprint density at radius 2 is 1.74 bits per heavy atom. The lowest BCUT2D eigenvalue weighted by atomic mass is 10.0. The molecule has 2 N–H and O–H groups in total. The highest BCUT2D eigenvalue weighted by atomic mass is 35.5. The summed E-state index contributed by atoms with van der Waals surface area (Å²) in [6, 6.07) is 18.6. The van der Waals surface area contributed by atoms with Crippen molar-refractivity contribution in [3.8, 4) is 0 Å². The Morgan fingerprint density at radius 1 is 1.04 bits per heavy atom. The maximum absolute atomic E-state index is 6.35. The monoisotopic (exact) mass is 375 g/mol. The molecular formula is C23H22ClN3. The van der Waals surface area contributed by atoms with E-state index in [9.17, 15) is 0 Å². The average Bonchev–Trinajstić information content (AvgIpc) is 3.10. The molecule has 0 fully saturated rings. The number of rotatable bonds is 4. The van der Waals surface area contributed by atoms with Gasteiger partial charge in [0.15, 0.2) is 5.96 Å². The molecule has 0 bridgehead atoms. The number of nitrogens with two attached hydrogens (primary N) is 1. The number of nitrogens with zero attached hydrogens (tertiary/aromatic N) is 2. The van der Waals surface area contributed by atoms with Crippen LogP contribution in [0.15, 0.2) is 59.6 Å². The molecule has 1 aliphatic carbocycles. The van der Waals surface area contributed by atoms with Crippen molar-refractivity contribution in [2.45, 2.75) is 19.4 Å². The summed E-state index contributed by atoms with van der Waals surface area (Å²) in [5.41, 5.74) is 11.0. The molecule has 3 nitrogen and oxygen atoms in total. The van der Waals surface area contributed by atoms with E-state index in [-0.39, 0.29) is 6.04 Å². The fourth-order valence-electron chi connectivity index (χ4n) is 3.53. The molecule has 3 aromatic rings. The van der Waals surface area contributed by atoms with Crippen molar-refractivity contribution in [1.82, 2.24) is 4.90 Å². The van der Waals surface area contributed by atoms with Gasteiger partial charge in [-0.3, -0.25) is 0 Å². The van der Waals surface area contributed by atoms with Crippen LogP contribution in [0.3, 0.4) is 0 Å². The van der Waals surface area contributed by atoms with E-state index >= 15 is 0 Å². The first kappa shape index (κ1) is 17.6. The van der Waals surface area contributed by atoms with Crippen LogP contribution in [0.1, 0.15) is 23.6 Å². The van der Waals surface area contributed by atoms with Gasteiger partial charge < -0.3 is 10.6 Å². The van der Waals surface area contributed by atoms with Gasteiger partial charge in [-0.05, 0) is 53.6 Å². The molecule has 0 saturated carbocycles. The Bertz CT molecular complexity index is 1040. The molecule has 0 aromatic heterocycles. The van der Waals surface area contributed by atoms with E-state index in [0.29, 0.717) is 5.96 Å². The highest BCUT2D eigenvalue weighted by Crippen LogP contribution is 2.36. The van der Waals surface area contributed by atoms with Gasteiger partial charge in [0.2, 0.25) is 0 Å². The second-order valence-corrected chi connectivity index (χ2v) is 7.47. The third-order valence-corrected chi connectivity index (χ3v) is 5.48. The SMILES string of the molecule is CC(Cc1ccc(Cl)cc1)N(C)C(N)=Nc1ccc2c3c(cccc13)C=C2. The van der Waals surface area contributed by atoms with Crippen LogP contribution in [-0.4, -0.2) is 23.9 Å². The van der Waals surface area contributed by atoms with Crippen molar-refractivity contribution in [1.29, 1.82) is 0 Å². The summed E-state index contributed by atoms with van der Waals surface area (Å²) >= 11 is 5.97. The van der Waals surface area contributed by atoms with Crippen LogP contribution in [0.25, 0.3) is 22.9 Å². The molecule has 1 unspecified atom stereocenters. The smallest absolute Gasteiger partial charge is 0.196 e. The van der Waals surface area contributed by atoms with E-state index in [1.165, 1.54) is 22.1 Å². The zero-order valence-electron chi connectivity index (χ0n) is 15.5. The lowest BCUT2D eigenvalue weighted by molar-refractivity contribution is 0.384. The second-order valence-electron chi connectivity index (χ2n) is 7.04. The number of hydrogen-bond acceptors (Lipinski definition) is 1. The molecule has 0 amide bonds. The molecule has 136 valence electrons. The van der Waals surface area contributed by atoms with Crippen LogP contribution in [0.5, 0.6) is 0 Å². The molecule has 0 aliphatic heterocycles.